The molecule has 5 aromatic carbocycles. The van der Waals surface area contributed by atoms with Gasteiger partial charge in [-0.15, -0.1) is 0 Å². The monoisotopic (exact) mass is 656 g/mol. The van der Waals surface area contributed by atoms with Crippen molar-refractivity contribution in [3.8, 4) is 23.0 Å². The standard InChI is InChI=1S/C36H38N2O6P2/c1-37(2)27-23-25-28(26-24-27)38(45(39,29-15-9-7-10-16-29)30-17-11-8-12-18-30)46(40,35-31(41-3)19-13-20-32(35)42-4)36-33(43-5)21-14-22-34(36)44-6/h7-26H,1-6H3. The van der Waals surface area contributed by atoms with E-state index in [0.29, 0.717) is 39.3 Å². The van der Waals surface area contributed by atoms with Crippen LogP contribution in [0.25, 0.3) is 0 Å². The molecule has 0 saturated carbocycles. The van der Waals surface area contributed by atoms with E-state index in [1.807, 2.05) is 79.7 Å². The predicted molar refractivity (Wildman–Crippen MR) is 189 cm³/mol. The summed E-state index contributed by atoms with van der Waals surface area (Å²) in [7, 11) is 1.46. The van der Waals surface area contributed by atoms with E-state index in [9.17, 15) is 0 Å². The third-order valence-electron chi connectivity index (χ3n) is 7.75. The Labute approximate surface area is 271 Å². The van der Waals surface area contributed by atoms with Gasteiger partial charge >= 0.3 is 0 Å². The average molecular weight is 657 g/mol. The summed E-state index contributed by atoms with van der Waals surface area (Å²) < 4.78 is 58.8. The highest BCUT2D eigenvalue weighted by atomic mass is 31.2. The third-order valence-corrected chi connectivity index (χ3v) is 14.9. The summed E-state index contributed by atoms with van der Waals surface area (Å²) in [6, 6.07) is 36.1. The van der Waals surface area contributed by atoms with Crippen LogP contribution in [0.5, 0.6) is 23.0 Å². The molecule has 0 atom stereocenters. The van der Waals surface area contributed by atoms with Gasteiger partial charge in [-0.2, -0.15) is 0 Å². The summed E-state index contributed by atoms with van der Waals surface area (Å²) >= 11 is 0. The first-order valence-electron chi connectivity index (χ1n) is 14.6. The normalized spacial score (nSPS) is 11.4. The highest BCUT2D eigenvalue weighted by Crippen LogP contribution is 2.69. The maximum absolute atomic E-state index is 17.1. The Kier molecular flexibility index (Phi) is 9.81. The largest absolute Gasteiger partial charge is 0.496 e. The lowest BCUT2D eigenvalue weighted by molar-refractivity contribution is 0.398. The minimum Gasteiger partial charge on any atom is -0.496 e. The van der Waals surface area contributed by atoms with Crippen molar-refractivity contribution in [3.05, 3.63) is 121 Å². The molecule has 0 N–H and O–H groups in total. The fraction of sp³-hybridized carbons (Fsp3) is 0.167. The molecule has 8 nitrogen and oxygen atoms in total. The van der Waals surface area contributed by atoms with Crippen molar-refractivity contribution in [3.63, 3.8) is 0 Å². The Hall–Kier alpha value is -4.64. The lowest BCUT2D eigenvalue weighted by atomic mass is 10.3. The molecule has 0 heterocycles. The van der Waals surface area contributed by atoms with Crippen LogP contribution in [0, 0.1) is 0 Å². The maximum atomic E-state index is 17.1. The van der Waals surface area contributed by atoms with Crippen molar-refractivity contribution in [1.29, 1.82) is 0 Å². The highest BCUT2D eigenvalue weighted by molar-refractivity contribution is 7.96. The van der Waals surface area contributed by atoms with Crippen LogP contribution in [0.2, 0.25) is 0 Å². The number of benzene rings is 5. The minimum atomic E-state index is -4.41. The molecule has 5 aromatic rings. The Balaban J connectivity index is 2.07. The van der Waals surface area contributed by atoms with Crippen molar-refractivity contribution in [2.24, 2.45) is 0 Å². The molecule has 0 aliphatic heterocycles. The molecule has 238 valence electrons. The quantitative estimate of drug-likeness (QED) is 0.142. The van der Waals surface area contributed by atoms with Gasteiger partial charge in [0.25, 0.3) is 0 Å². The molecule has 10 heteroatoms. The first-order valence-corrected chi connectivity index (χ1v) is 17.9. The molecule has 0 radical (unpaired) electrons. The predicted octanol–water partition coefficient (Wildman–Crippen LogP) is 6.45. The van der Waals surface area contributed by atoms with Crippen molar-refractivity contribution < 1.29 is 28.1 Å². The van der Waals surface area contributed by atoms with Crippen molar-refractivity contribution in [2.45, 2.75) is 0 Å². The van der Waals surface area contributed by atoms with Gasteiger partial charge in [-0.1, -0.05) is 48.5 Å². The van der Waals surface area contributed by atoms with E-state index in [1.165, 1.54) is 28.4 Å². The molecule has 0 amide bonds. The van der Waals surface area contributed by atoms with Gasteiger partial charge < -0.3 is 23.8 Å². The summed E-state index contributed by atoms with van der Waals surface area (Å²) in [5.74, 6) is 1.16. The summed E-state index contributed by atoms with van der Waals surface area (Å²) in [6.07, 6.45) is 0. The van der Waals surface area contributed by atoms with E-state index in [4.69, 9.17) is 18.9 Å². The van der Waals surface area contributed by atoms with Gasteiger partial charge in [0.1, 0.15) is 33.6 Å². The van der Waals surface area contributed by atoms with E-state index in [1.54, 1.807) is 65.1 Å². The van der Waals surface area contributed by atoms with Crippen LogP contribution in [0.3, 0.4) is 0 Å². The fourth-order valence-electron chi connectivity index (χ4n) is 5.58. The van der Waals surface area contributed by atoms with Crippen molar-refractivity contribution >= 4 is 47.2 Å². The molecular formula is C36H38N2O6P2. The molecule has 0 bridgehead atoms. The van der Waals surface area contributed by atoms with E-state index < -0.39 is 14.6 Å². The van der Waals surface area contributed by atoms with Crippen LogP contribution in [0.4, 0.5) is 11.4 Å². The first kappa shape index (κ1) is 32.7. The Bertz CT molecular complexity index is 1740. The molecule has 5 rings (SSSR count). The van der Waals surface area contributed by atoms with Crippen molar-refractivity contribution in [2.75, 3.05) is 51.9 Å². The lowest BCUT2D eigenvalue weighted by Crippen LogP contribution is -2.38. The van der Waals surface area contributed by atoms with Gasteiger partial charge in [-0.3, -0.25) is 13.6 Å². The molecule has 0 unspecified atom stereocenters. The SMILES string of the molecule is COc1cccc(OC)c1P(=O)(c1c(OC)cccc1OC)N(c1ccc(N(C)C)cc1)P(=O)(c1ccccc1)c1ccccc1. The second-order valence-electron chi connectivity index (χ2n) is 10.5. The van der Waals surface area contributed by atoms with Crippen LogP contribution < -0.4 is 49.5 Å². The topological polar surface area (TPSA) is 77.5 Å². The smallest absolute Gasteiger partial charge is 0.250 e. The zero-order valence-corrected chi connectivity index (χ0v) is 28.6. The molecule has 0 fully saturated rings. The lowest BCUT2D eigenvalue weighted by Gasteiger charge is -2.41. The number of nitrogens with zero attached hydrogens (tertiary/aromatic N) is 2. The van der Waals surface area contributed by atoms with Gasteiger partial charge in [0.2, 0.25) is 14.6 Å². The number of hydrogen-bond donors (Lipinski definition) is 0. The minimum absolute atomic E-state index is 0.214. The van der Waals surface area contributed by atoms with Gasteiger partial charge in [0, 0.05) is 30.4 Å². The molecule has 0 aliphatic carbocycles. The summed E-state index contributed by atoms with van der Waals surface area (Å²) in [6.45, 7) is 0. The molecule has 0 spiro atoms. The number of ether oxygens (including phenoxy) is 4. The number of methoxy groups -OCH3 is 4. The molecule has 0 saturated heterocycles. The van der Waals surface area contributed by atoms with Gasteiger partial charge in [0.05, 0.1) is 34.1 Å². The summed E-state index contributed by atoms with van der Waals surface area (Å²) in [4.78, 5) is 1.97. The van der Waals surface area contributed by atoms with Gasteiger partial charge in [-0.05, 0) is 72.8 Å². The second-order valence-corrected chi connectivity index (χ2v) is 15.9. The van der Waals surface area contributed by atoms with Gasteiger partial charge in [0.15, 0.2) is 0 Å². The Morgan fingerprint density at radius 2 is 0.783 bits per heavy atom. The van der Waals surface area contributed by atoms with Gasteiger partial charge in [-0.25, -0.2) is 0 Å². The number of rotatable bonds is 12. The first-order chi connectivity index (χ1) is 22.2. The van der Waals surface area contributed by atoms with Crippen LogP contribution in [-0.2, 0) is 9.13 Å². The second kappa shape index (κ2) is 13.8. The molecule has 0 aliphatic rings. The zero-order valence-electron chi connectivity index (χ0n) is 26.8. The van der Waals surface area contributed by atoms with Crippen LogP contribution in [0.1, 0.15) is 0 Å². The molecular weight excluding hydrogens is 618 g/mol. The maximum Gasteiger partial charge on any atom is 0.250 e. The number of hydrogen-bond acceptors (Lipinski definition) is 7. The summed E-state index contributed by atoms with van der Waals surface area (Å²) in [5.41, 5.74) is 1.36. The Morgan fingerprint density at radius 1 is 0.435 bits per heavy atom. The molecule has 46 heavy (non-hydrogen) atoms. The van der Waals surface area contributed by atoms with Crippen LogP contribution in [0.15, 0.2) is 121 Å². The van der Waals surface area contributed by atoms with E-state index in [2.05, 4.69) is 0 Å². The third kappa shape index (κ3) is 5.64. The van der Waals surface area contributed by atoms with E-state index in [-0.39, 0.29) is 10.6 Å². The number of anilines is 2. The summed E-state index contributed by atoms with van der Waals surface area (Å²) in [5, 5.41) is 1.40. The fourth-order valence-corrected chi connectivity index (χ4v) is 13.4. The van der Waals surface area contributed by atoms with Crippen LogP contribution in [-0.4, -0.2) is 42.5 Å². The van der Waals surface area contributed by atoms with Crippen LogP contribution >= 0.6 is 14.6 Å². The zero-order chi connectivity index (χ0) is 32.9. The molecule has 0 aromatic heterocycles. The van der Waals surface area contributed by atoms with E-state index in [0.717, 1.165) is 5.69 Å². The van der Waals surface area contributed by atoms with Crippen molar-refractivity contribution in [1.82, 2.24) is 0 Å². The highest BCUT2D eigenvalue weighted by Gasteiger charge is 2.52. The Morgan fingerprint density at radius 3 is 1.11 bits per heavy atom. The average Bonchev–Trinajstić information content (AvgIpc) is 3.11. The van der Waals surface area contributed by atoms with E-state index >= 15 is 9.13 Å².